The van der Waals surface area contributed by atoms with Crippen LogP contribution in [0, 0.1) is 0 Å². The molecule has 0 saturated carbocycles. The van der Waals surface area contributed by atoms with Crippen molar-refractivity contribution in [2.24, 2.45) is 0 Å². The minimum absolute atomic E-state index is 0.793. The van der Waals surface area contributed by atoms with Crippen LogP contribution in [0.3, 0.4) is 0 Å². The molecule has 5 heteroatoms. The Morgan fingerprint density at radius 1 is 1.11 bits per heavy atom. The molecule has 2 heterocycles. The Labute approximate surface area is 111 Å². The topological polar surface area (TPSA) is 55.6 Å². The van der Waals surface area contributed by atoms with Crippen LogP contribution in [0.4, 0.5) is 5.82 Å². The summed E-state index contributed by atoms with van der Waals surface area (Å²) in [6.45, 7) is 2.88. The monoisotopic (exact) mass is 253 g/mol. The number of benzene rings is 1. The lowest BCUT2D eigenvalue weighted by atomic mass is 10.1. The Balaban J connectivity index is 2.31. The molecule has 0 fully saturated rings. The molecule has 3 rings (SSSR count). The summed E-state index contributed by atoms with van der Waals surface area (Å²) >= 11 is 0. The zero-order valence-electron chi connectivity index (χ0n) is 11.0. The van der Waals surface area contributed by atoms with Crippen LogP contribution in [0.25, 0.3) is 22.2 Å². The highest BCUT2D eigenvalue weighted by molar-refractivity contribution is 5.99. The molecule has 0 saturated heterocycles. The highest BCUT2D eigenvalue weighted by Gasteiger charge is 2.12. The fraction of sp³-hybridized carbons (Fsp3) is 0.214. The summed E-state index contributed by atoms with van der Waals surface area (Å²) in [5.74, 6) is 0.793. The van der Waals surface area contributed by atoms with Gasteiger partial charge in [0.2, 0.25) is 0 Å². The Morgan fingerprint density at radius 2 is 1.89 bits per heavy atom. The summed E-state index contributed by atoms with van der Waals surface area (Å²) < 4.78 is 1.93. The average molecular weight is 253 g/mol. The van der Waals surface area contributed by atoms with Gasteiger partial charge in [-0.2, -0.15) is 5.10 Å². The second-order valence-electron chi connectivity index (χ2n) is 4.23. The Kier molecular flexibility index (Phi) is 2.87. The molecule has 96 valence electrons. The van der Waals surface area contributed by atoms with Gasteiger partial charge in [-0.25, -0.2) is 0 Å². The van der Waals surface area contributed by atoms with Gasteiger partial charge in [-0.15, -0.1) is 10.2 Å². The van der Waals surface area contributed by atoms with Crippen LogP contribution in [0.15, 0.2) is 36.5 Å². The Hall–Kier alpha value is -2.43. The van der Waals surface area contributed by atoms with Crippen molar-refractivity contribution in [3.8, 4) is 11.4 Å². The first-order chi connectivity index (χ1) is 9.35. The van der Waals surface area contributed by atoms with E-state index in [2.05, 4.69) is 33.6 Å². The van der Waals surface area contributed by atoms with Crippen molar-refractivity contribution < 1.29 is 0 Å². The predicted octanol–water partition coefficient (Wildman–Crippen LogP) is 2.55. The maximum Gasteiger partial charge on any atom is 0.156 e. The molecule has 5 nitrogen and oxygen atoms in total. The lowest BCUT2D eigenvalue weighted by Gasteiger charge is -2.09. The number of nitrogens with one attached hydrogen (secondary N) is 1. The van der Waals surface area contributed by atoms with Crippen LogP contribution in [-0.2, 0) is 6.54 Å². The highest BCUT2D eigenvalue weighted by atomic mass is 15.3. The Morgan fingerprint density at radius 3 is 2.63 bits per heavy atom. The fourth-order valence-electron chi connectivity index (χ4n) is 2.26. The van der Waals surface area contributed by atoms with E-state index < -0.39 is 0 Å². The second-order valence-corrected chi connectivity index (χ2v) is 4.23. The third kappa shape index (κ3) is 1.83. The molecular weight excluding hydrogens is 238 g/mol. The summed E-state index contributed by atoms with van der Waals surface area (Å²) in [5, 5.41) is 18.1. The first-order valence-corrected chi connectivity index (χ1v) is 6.30. The molecule has 0 radical (unpaired) electrons. The van der Waals surface area contributed by atoms with Gasteiger partial charge in [0.1, 0.15) is 5.69 Å². The molecule has 2 aromatic heterocycles. The number of nitrogens with zero attached hydrogens (tertiary/aromatic N) is 4. The standard InChI is InChI=1S/C14H15N5/c1-3-19-12(8-9-16-19)13-10-6-4-5-7-11(10)14(15-2)18-17-13/h4-9H,3H2,1-2H3,(H,15,18). The van der Waals surface area contributed by atoms with E-state index in [0.717, 1.165) is 34.5 Å². The van der Waals surface area contributed by atoms with Gasteiger partial charge in [-0.1, -0.05) is 24.3 Å². The first-order valence-electron chi connectivity index (χ1n) is 6.30. The fourth-order valence-corrected chi connectivity index (χ4v) is 2.26. The molecule has 0 atom stereocenters. The number of hydrogen-bond donors (Lipinski definition) is 1. The molecule has 0 bridgehead atoms. The van der Waals surface area contributed by atoms with E-state index >= 15 is 0 Å². The highest BCUT2D eigenvalue weighted by Crippen LogP contribution is 2.29. The van der Waals surface area contributed by atoms with Crippen LogP contribution >= 0.6 is 0 Å². The van der Waals surface area contributed by atoms with E-state index in [-0.39, 0.29) is 0 Å². The van der Waals surface area contributed by atoms with Crippen molar-refractivity contribution in [3.63, 3.8) is 0 Å². The number of anilines is 1. The van der Waals surface area contributed by atoms with Gasteiger partial charge in [-0.05, 0) is 13.0 Å². The van der Waals surface area contributed by atoms with E-state index in [0.29, 0.717) is 0 Å². The maximum absolute atomic E-state index is 4.36. The van der Waals surface area contributed by atoms with E-state index in [9.17, 15) is 0 Å². The minimum atomic E-state index is 0.793. The zero-order valence-corrected chi connectivity index (χ0v) is 11.0. The van der Waals surface area contributed by atoms with Gasteiger partial charge in [0.05, 0.1) is 5.69 Å². The molecule has 1 aromatic carbocycles. The van der Waals surface area contributed by atoms with Gasteiger partial charge >= 0.3 is 0 Å². The third-order valence-electron chi connectivity index (χ3n) is 3.18. The van der Waals surface area contributed by atoms with Gasteiger partial charge in [0, 0.05) is 30.6 Å². The Bertz CT molecular complexity index is 717. The van der Waals surface area contributed by atoms with Crippen molar-refractivity contribution in [2.45, 2.75) is 13.5 Å². The quantitative estimate of drug-likeness (QED) is 0.779. The average Bonchev–Trinajstić information content (AvgIpc) is 2.94. The lowest BCUT2D eigenvalue weighted by molar-refractivity contribution is 0.665. The molecule has 0 aliphatic rings. The number of aromatic nitrogens is 4. The van der Waals surface area contributed by atoms with Gasteiger partial charge < -0.3 is 5.32 Å². The molecule has 0 unspecified atom stereocenters. The van der Waals surface area contributed by atoms with E-state index in [4.69, 9.17) is 0 Å². The summed E-state index contributed by atoms with van der Waals surface area (Å²) in [6, 6.07) is 10.1. The first kappa shape index (κ1) is 11.6. The molecule has 19 heavy (non-hydrogen) atoms. The predicted molar refractivity (Wildman–Crippen MR) is 76.0 cm³/mol. The molecule has 0 aliphatic heterocycles. The van der Waals surface area contributed by atoms with Crippen LogP contribution in [0.5, 0.6) is 0 Å². The number of rotatable bonds is 3. The lowest BCUT2D eigenvalue weighted by Crippen LogP contribution is -2.03. The van der Waals surface area contributed by atoms with Crippen molar-refractivity contribution in [3.05, 3.63) is 36.5 Å². The summed E-state index contributed by atoms with van der Waals surface area (Å²) in [6.07, 6.45) is 1.79. The normalized spacial score (nSPS) is 10.8. The van der Waals surface area contributed by atoms with Gasteiger partial charge in [0.15, 0.2) is 5.82 Å². The number of aryl methyl sites for hydroxylation is 1. The van der Waals surface area contributed by atoms with Crippen LogP contribution in [0.2, 0.25) is 0 Å². The smallest absolute Gasteiger partial charge is 0.156 e. The summed E-state index contributed by atoms with van der Waals surface area (Å²) in [4.78, 5) is 0. The second kappa shape index (κ2) is 4.68. The van der Waals surface area contributed by atoms with E-state index in [1.165, 1.54) is 0 Å². The van der Waals surface area contributed by atoms with Crippen LogP contribution < -0.4 is 5.32 Å². The van der Waals surface area contributed by atoms with Crippen molar-refractivity contribution in [2.75, 3.05) is 12.4 Å². The van der Waals surface area contributed by atoms with E-state index in [1.54, 1.807) is 6.20 Å². The SMILES string of the molecule is CCn1nccc1-c1nnc(NC)c2ccccc12. The van der Waals surface area contributed by atoms with E-state index in [1.807, 2.05) is 36.0 Å². The molecule has 3 aromatic rings. The molecule has 0 amide bonds. The van der Waals surface area contributed by atoms with Crippen LogP contribution in [0.1, 0.15) is 6.92 Å². The van der Waals surface area contributed by atoms with Crippen molar-refractivity contribution in [1.29, 1.82) is 0 Å². The molecule has 1 N–H and O–H groups in total. The summed E-state index contributed by atoms with van der Waals surface area (Å²) in [5.41, 5.74) is 1.86. The number of fused-ring (bicyclic) bond motifs is 1. The molecule has 0 spiro atoms. The molecular formula is C14H15N5. The summed E-state index contributed by atoms with van der Waals surface area (Å²) in [7, 11) is 1.85. The van der Waals surface area contributed by atoms with Gasteiger partial charge in [0.25, 0.3) is 0 Å². The zero-order chi connectivity index (χ0) is 13.2. The maximum atomic E-state index is 4.36. The van der Waals surface area contributed by atoms with Crippen molar-refractivity contribution in [1.82, 2.24) is 20.0 Å². The minimum Gasteiger partial charge on any atom is -0.371 e. The molecule has 0 aliphatic carbocycles. The van der Waals surface area contributed by atoms with Crippen molar-refractivity contribution >= 4 is 16.6 Å². The third-order valence-corrected chi connectivity index (χ3v) is 3.18. The van der Waals surface area contributed by atoms with Crippen LogP contribution in [-0.4, -0.2) is 27.0 Å². The largest absolute Gasteiger partial charge is 0.371 e. The van der Waals surface area contributed by atoms with Gasteiger partial charge in [-0.3, -0.25) is 4.68 Å². The number of hydrogen-bond acceptors (Lipinski definition) is 4.